The van der Waals surface area contributed by atoms with Crippen molar-refractivity contribution >= 4 is 54.8 Å². The van der Waals surface area contributed by atoms with Crippen molar-refractivity contribution in [3.05, 3.63) is 40.2 Å². The highest BCUT2D eigenvalue weighted by Crippen LogP contribution is 2.29. The summed E-state index contributed by atoms with van der Waals surface area (Å²) in [5.74, 6) is 0. The van der Waals surface area contributed by atoms with E-state index in [9.17, 15) is 13.2 Å². The number of ether oxygens (including phenoxy) is 1. The van der Waals surface area contributed by atoms with Crippen LogP contribution >= 0.6 is 27.3 Å². The van der Waals surface area contributed by atoms with Crippen LogP contribution in [0, 0.1) is 0 Å². The largest absolute Gasteiger partial charge is 0.453 e. The zero-order chi connectivity index (χ0) is 15.5. The summed E-state index contributed by atoms with van der Waals surface area (Å²) in [5, 5.41) is 4.14. The average Bonchev–Trinajstić information content (AvgIpc) is 2.85. The topological polar surface area (TPSA) is 84.5 Å². The molecule has 0 bridgehead atoms. The smallest absolute Gasteiger partial charge is 0.411 e. The lowest BCUT2D eigenvalue weighted by molar-refractivity contribution is 0.187. The maximum Gasteiger partial charge on any atom is 0.411 e. The van der Waals surface area contributed by atoms with Gasteiger partial charge in [-0.2, -0.15) is 0 Å². The second kappa shape index (κ2) is 6.46. The number of hydrogen-bond acceptors (Lipinski definition) is 5. The molecule has 1 aromatic carbocycles. The van der Waals surface area contributed by atoms with E-state index in [1.54, 1.807) is 29.6 Å². The first-order valence-corrected chi connectivity index (χ1v) is 8.79. The molecule has 0 aliphatic carbocycles. The van der Waals surface area contributed by atoms with Gasteiger partial charge in [0.25, 0.3) is 10.0 Å². The minimum atomic E-state index is -3.67. The van der Waals surface area contributed by atoms with Crippen molar-refractivity contribution in [2.45, 2.75) is 4.21 Å². The van der Waals surface area contributed by atoms with Crippen LogP contribution in [0.25, 0.3) is 0 Å². The second-order valence-corrected chi connectivity index (χ2v) is 7.51. The SMILES string of the molecule is COC(=O)Nc1cccc(NS(=O)(=O)c2sccc2Br)c1. The first-order chi connectivity index (χ1) is 9.92. The molecule has 1 heterocycles. The van der Waals surface area contributed by atoms with Crippen molar-refractivity contribution in [2.24, 2.45) is 0 Å². The fraction of sp³-hybridized carbons (Fsp3) is 0.0833. The minimum Gasteiger partial charge on any atom is -0.453 e. The predicted molar refractivity (Wildman–Crippen MR) is 85.3 cm³/mol. The lowest BCUT2D eigenvalue weighted by Crippen LogP contribution is -2.13. The molecule has 112 valence electrons. The highest BCUT2D eigenvalue weighted by atomic mass is 79.9. The number of anilines is 2. The Morgan fingerprint density at radius 2 is 2.00 bits per heavy atom. The van der Waals surface area contributed by atoms with Crippen LogP contribution in [-0.2, 0) is 14.8 Å². The number of hydrogen-bond donors (Lipinski definition) is 2. The lowest BCUT2D eigenvalue weighted by atomic mass is 10.3. The van der Waals surface area contributed by atoms with Gasteiger partial charge >= 0.3 is 6.09 Å². The summed E-state index contributed by atoms with van der Waals surface area (Å²) in [5.41, 5.74) is 0.761. The monoisotopic (exact) mass is 390 g/mol. The molecule has 2 rings (SSSR count). The van der Waals surface area contributed by atoms with Crippen LogP contribution in [0.5, 0.6) is 0 Å². The average molecular weight is 391 g/mol. The van der Waals surface area contributed by atoms with Gasteiger partial charge in [0.15, 0.2) is 4.21 Å². The van der Waals surface area contributed by atoms with Crippen molar-refractivity contribution < 1.29 is 17.9 Å². The Balaban J connectivity index is 2.22. The molecule has 0 atom stereocenters. The third-order valence-corrected chi connectivity index (χ3v) is 6.43. The molecule has 1 amide bonds. The first-order valence-electron chi connectivity index (χ1n) is 5.63. The van der Waals surface area contributed by atoms with Gasteiger partial charge < -0.3 is 4.74 Å². The van der Waals surface area contributed by atoms with E-state index in [0.29, 0.717) is 15.8 Å². The number of thiophene rings is 1. The molecule has 0 unspecified atom stereocenters. The standard InChI is InChI=1S/C12H11BrN2O4S2/c1-19-12(16)14-8-3-2-4-9(7-8)15-21(17,18)11-10(13)5-6-20-11/h2-7,15H,1H3,(H,14,16). The van der Waals surface area contributed by atoms with E-state index in [4.69, 9.17) is 0 Å². The zero-order valence-corrected chi connectivity index (χ0v) is 14.0. The third-order valence-electron chi connectivity index (χ3n) is 2.38. The van der Waals surface area contributed by atoms with Gasteiger partial charge in [-0.1, -0.05) is 6.07 Å². The highest BCUT2D eigenvalue weighted by molar-refractivity contribution is 9.10. The first kappa shape index (κ1) is 15.8. The van der Waals surface area contributed by atoms with Crippen molar-refractivity contribution in [3.63, 3.8) is 0 Å². The molecule has 2 aromatic rings. The Kier molecular flexibility index (Phi) is 4.86. The summed E-state index contributed by atoms with van der Waals surface area (Å²) in [7, 11) is -2.43. The van der Waals surface area contributed by atoms with Gasteiger partial charge in [-0.25, -0.2) is 13.2 Å². The van der Waals surface area contributed by atoms with Gasteiger partial charge in [0, 0.05) is 10.2 Å². The number of halogens is 1. The molecule has 6 nitrogen and oxygen atoms in total. The van der Waals surface area contributed by atoms with E-state index in [1.165, 1.54) is 13.2 Å². The van der Waals surface area contributed by atoms with Crippen LogP contribution in [0.4, 0.5) is 16.2 Å². The van der Waals surface area contributed by atoms with Crippen molar-refractivity contribution in [1.82, 2.24) is 0 Å². The van der Waals surface area contributed by atoms with Gasteiger partial charge in [-0.3, -0.25) is 10.0 Å². The van der Waals surface area contributed by atoms with Crippen LogP contribution in [0.15, 0.2) is 44.4 Å². The molecule has 9 heteroatoms. The van der Waals surface area contributed by atoms with Crippen LogP contribution in [0.1, 0.15) is 0 Å². The number of benzene rings is 1. The Morgan fingerprint density at radius 1 is 1.29 bits per heavy atom. The molecule has 0 saturated carbocycles. The quantitative estimate of drug-likeness (QED) is 0.836. The van der Waals surface area contributed by atoms with Crippen LogP contribution in [-0.4, -0.2) is 21.6 Å². The number of methoxy groups -OCH3 is 1. The molecule has 0 spiro atoms. The molecule has 0 saturated heterocycles. The molecule has 21 heavy (non-hydrogen) atoms. The maximum atomic E-state index is 12.2. The number of carbonyl (C=O) groups excluding carboxylic acids is 1. The summed E-state index contributed by atoms with van der Waals surface area (Å²) in [6, 6.07) is 7.98. The molecular formula is C12H11BrN2O4S2. The van der Waals surface area contributed by atoms with E-state index in [2.05, 4.69) is 30.7 Å². The van der Waals surface area contributed by atoms with Gasteiger partial charge in [-0.15, -0.1) is 11.3 Å². The third kappa shape index (κ3) is 3.96. The van der Waals surface area contributed by atoms with Gasteiger partial charge in [0.05, 0.1) is 12.8 Å². The summed E-state index contributed by atoms with van der Waals surface area (Å²) < 4.78 is 32.1. The summed E-state index contributed by atoms with van der Waals surface area (Å²) >= 11 is 4.30. The Labute approximate surface area is 134 Å². The number of sulfonamides is 1. The zero-order valence-electron chi connectivity index (χ0n) is 10.8. The Bertz CT molecular complexity index is 758. The maximum absolute atomic E-state index is 12.2. The van der Waals surface area contributed by atoms with Crippen molar-refractivity contribution in [3.8, 4) is 0 Å². The Hall–Kier alpha value is -1.58. The molecule has 0 aliphatic heterocycles. The molecule has 0 radical (unpaired) electrons. The van der Waals surface area contributed by atoms with E-state index >= 15 is 0 Å². The second-order valence-electron chi connectivity index (χ2n) is 3.86. The minimum absolute atomic E-state index is 0.189. The molecule has 1 aromatic heterocycles. The number of nitrogens with one attached hydrogen (secondary N) is 2. The Morgan fingerprint density at radius 3 is 2.62 bits per heavy atom. The number of carbonyl (C=O) groups is 1. The van der Waals surface area contributed by atoms with E-state index < -0.39 is 16.1 Å². The van der Waals surface area contributed by atoms with Gasteiger partial charge in [-0.05, 0) is 45.6 Å². The van der Waals surface area contributed by atoms with Crippen molar-refractivity contribution in [2.75, 3.05) is 17.1 Å². The lowest BCUT2D eigenvalue weighted by Gasteiger charge is -2.09. The normalized spacial score (nSPS) is 11.0. The van der Waals surface area contributed by atoms with E-state index in [0.717, 1.165) is 11.3 Å². The summed E-state index contributed by atoms with van der Waals surface area (Å²) in [4.78, 5) is 11.1. The molecule has 0 fully saturated rings. The summed E-state index contributed by atoms with van der Waals surface area (Å²) in [6.07, 6.45) is -0.629. The fourth-order valence-electron chi connectivity index (χ4n) is 1.50. The number of rotatable bonds is 4. The van der Waals surface area contributed by atoms with Crippen molar-refractivity contribution in [1.29, 1.82) is 0 Å². The van der Waals surface area contributed by atoms with Crippen LogP contribution in [0.3, 0.4) is 0 Å². The van der Waals surface area contributed by atoms with Crippen LogP contribution < -0.4 is 10.0 Å². The van der Waals surface area contributed by atoms with Crippen LogP contribution in [0.2, 0.25) is 0 Å². The highest BCUT2D eigenvalue weighted by Gasteiger charge is 2.19. The predicted octanol–water partition coefficient (Wildman–Crippen LogP) is 3.49. The number of amides is 1. The molecular weight excluding hydrogens is 380 g/mol. The summed E-state index contributed by atoms with van der Waals surface area (Å²) in [6.45, 7) is 0. The van der Waals surface area contributed by atoms with Gasteiger partial charge in [0.2, 0.25) is 0 Å². The fourth-order valence-corrected chi connectivity index (χ4v) is 4.89. The van der Waals surface area contributed by atoms with E-state index in [1.807, 2.05) is 0 Å². The molecule has 2 N–H and O–H groups in total. The van der Waals surface area contributed by atoms with Gasteiger partial charge in [0.1, 0.15) is 0 Å². The van der Waals surface area contributed by atoms with E-state index in [-0.39, 0.29) is 4.21 Å². The molecule has 0 aliphatic rings.